The molecule has 1 aliphatic rings. The van der Waals surface area contributed by atoms with Crippen LogP contribution in [0.4, 0.5) is 4.39 Å². The van der Waals surface area contributed by atoms with Crippen LogP contribution in [-0.2, 0) is 9.59 Å². The third-order valence-electron chi connectivity index (χ3n) is 3.19. The number of carbonyl (C=O) groups excluding carboxylic acids is 1. The van der Waals surface area contributed by atoms with Crippen molar-refractivity contribution in [3.05, 3.63) is 30.1 Å². The Balaban J connectivity index is 2.00. The van der Waals surface area contributed by atoms with Gasteiger partial charge in [0.1, 0.15) is 11.9 Å². The lowest BCUT2D eigenvalue weighted by Gasteiger charge is -2.26. The maximum absolute atomic E-state index is 12.8. The molecule has 7 heteroatoms. The number of aliphatic carboxylic acids is 1. The highest BCUT2D eigenvalue weighted by Crippen LogP contribution is 2.32. The lowest BCUT2D eigenvalue weighted by molar-refractivity contribution is -0.148. The van der Waals surface area contributed by atoms with Gasteiger partial charge in [-0.05, 0) is 30.7 Å². The number of amides is 1. The molecule has 1 amide bonds. The van der Waals surface area contributed by atoms with Gasteiger partial charge in [0, 0.05) is 10.6 Å². The van der Waals surface area contributed by atoms with E-state index in [1.54, 1.807) is 12.1 Å². The molecule has 114 valence electrons. The number of hydrogen-bond donors (Lipinski definition) is 1. The minimum absolute atomic E-state index is 0.0765. The van der Waals surface area contributed by atoms with Crippen LogP contribution in [0.2, 0.25) is 0 Å². The van der Waals surface area contributed by atoms with Gasteiger partial charge in [-0.25, -0.2) is 9.18 Å². The van der Waals surface area contributed by atoms with Crippen molar-refractivity contribution in [2.24, 2.45) is 0 Å². The number of hydrogen-bond acceptors (Lipinski definition) is 4. The number of carbonyl (C=O) groups is 2. The van der Waals surface area contributed by atoms with Gasteiger partial charge in [-0.3, -0.25) is 4.79 Å². The highest BCUT2D eigenvalue weighted by atomic mass is 32.2. The second-order valence-electron chi connectivity index (χ2n) is 4.59. The number of thioether (sulfide) groups is 2. The molecule has 1 N–H and O–H groups in total. The fourth-order valence-electron chi connectivity index (χ4n) is 2.15. The van der Waals surface area contributed by atoms with Crippen LogP contribution in [-0.4, -0.2) is 44.8 Å². The molecule has 2 unspecified atom stereocenters. The summed E-state index contributed by atoms with van der Waals surface area (Å²) in [7, 11) is 0. The summed E-state index contributed by atoms with van der Waals surface area (Å²) in [5.74, 6) is -0.876. The number of carboxylic acid groups (broad SMARTS) is 1. The minimum Gasteiger partial charge on any atom is -0.480 e. The largest absolute Gasteiger partial charge is 0.480 e. The number of halogens is 1. The Kier molecular flexibility index (Phi) is 5.52. The molecular weight excluding hydrogens is 313 g/mol. The number of nitrogens with zero attached hydrogens (tertiary/aromatic N) is 1. The van der Waals surface area contributed by atoms with E-state index in [1.807, 2.05) is 6.92 Å². The minimum atomic E-state index is -0.960. The maximum Gasteiger partial charge on any atom is 0.327 e. The van der Waals surface area contributed by atoms with Gasteiger partial charge in [0.05, 0.1) is 11.1 Å². The molecule has 0 aromatic heterocycles. The molecule has 0 bridgehead atoms. The van der Waals surface area contributed by atoms with Gasteiger partial charge >= 0.3 is 5.97 Å². The Morgan fingerprint density at radius 2 is 2.10 bits per heavy atom. The summed E-state index contributed by atoms with van der Waals surface area (Å²) >= 11 is 2.79. The van der Waals surface area contributed by atoms with Crippen molar-refractivity contribution in [2.45, 2.75) is 29.7 Å². The number of rotatable bonds is 5. The molecule has 1 aromatic rings. The molecule has 21 heavy (non-hydrogen) atoms. The summed E-state index contributed by atoms with van der Waals surface area (Å²) in [6.07, 6.45) is 0.724. The molecule has 0 saturated carbocycles. The van der Waals surface area contributed by atoms with Crippen LogP contribution in [0.1, 0.15) is 13.3 Å². The first-order valence-corrected chi connectivity index (χ1v) is 8.60. The van der Waals surface area contributed by atoms with Crippen molar-refractivity contribution in [3.63, 3.8) is 0 Å². The first kappa shape index (κ1) is 16.2. The van der Waals surface area contributed by atoms with Gasteiger partial charge in [0.15, 0.2) is 0 Å². The summed E-state index contributed by atoms with van der Waals surface area (Å²) < 4.78 is 12.8. The van der Waals surface area contributed by atoms with E-state index in [-0.39, 0.29) is 22.9 Å². The smallest absolute Gasteiger partial charge is 0.327 e. The van der Waals surface area contributed by atoms with E-state index in [0.29, 0.717) is 5.75 Å². The molecule has 1 aromatic carbocycles. The topological polar surface area (TPSA) is 57.6 Å². The molecule has 0 radical (unpaired) electrons. The summed E-state index contributed by atoms with van der Waals surface area (Å²) in [6, 6.07) is 5.15. The van der Waals surface area contributed by atoms with Crippen molar-refractivity contribution in [3.8, 4) is 0 Å². The van der Waals surface area contributed by atoms with E-state index in [2.05, 4.69) is 0 Å². The standard InChI is InChI=1S/C14H16FNO3S2/c1-2-13-16(11(7-21-13)14(18)19)12(17)8-20-10-5-3-9(15)4-6-10/h3-6,11,13H,2,7-8H2,1H3,(H,18,19). The molecule has 2 atom stereocenters. The van der Waals surface area contributed by atoms with E-state index in [0.717, 1.165) is 11.3 Å². The molecule has 1 heterocycles. The highest BCUT2D eigenvalue weighted by Gasteiger charge is 2.40. The van der Waals surface area contributed by atoms with E-state index < -0.39 is 12.0 Å². The average Bonchev–Trinajstić information content (AvgIpc) is 2.90. The zero-order valence-corrected chi connectivity index (χ0v) is 13.1. The van der Waals surface area contributed by atoms with E-state index in [1.165, 1.54) is 40.6 Å². The highest BCUT2D eigenvalue weighted by molar-refractivity contribution is 8.00. The molecule has 2 rings (SSSR count). The second kappa shape index (κ2) is 7.17. The predicted molar refractivity (Wildman–Crippen MR) is 81.9 cm³/mol. The van der Waals surface area contributed by atoms with Crippen LogP contribution in [0, 0.1) is 5.82 Å². The first-order chi connectivity index (χ1) is 10.0. The second-order valence-corrected chi connectivity index (χ2v) is 6.85. The van der Waals surface area contributed by atoms with Crippen molar-refractivity contribution in [1.82, 2.24) is 4.90 Å². The Bertz CT molecular complexity index is 523. The van der Waals surface area contributed by atoms with Crippen LogP contribution in [0.15, 0.2) is 29.2 Å². The van der Waals surface area contributed by atoms with Crippen LogP contribution in [0.5, 0.6) is 0 Å². The zero-order valence-electron chi connectivity index (χ0n) is 11.5. The van der Waals surface area contributed by atoms with Crippen molar-refractivity contribution >= 4 is 35.4 Å². The fourth-order valence-corrected chi connectivity index (χ4v) is 4.29. The quantitative estimate of drug-likeness (QED) is 0.842. The Morgan fingerprint density at radius 3 is 2.67 bits per heavy atom. The van der Waals surface area contributed by atoms with Crippen molar-refractivity contribution < 1.29 is 19.1 Å². The molecule has 0 aliphatic carbocycles. The third kappa shape index (κ3) is 3.91. The zero-order chi connectivity index (χ0) is 15.4. The lowest BCUT2D eigenvalue weighted by atomic mass is 10.2. The summed E-state index contributed by atoms with van der Waals surface area (Å²) in [4.78, 5) is 25.8. The lowest BCUT2D eigenvalue weighted by Crippen LogP contribution is -2.46. The first-order valence-electron chi connectivity index (χ1n) is 6.57. The third-order valence-corrected chi connectivity index (χ3v) is 5.64. The van der Waals surface area contributed by atoms with Crippen molar-refractivity contribution in [2.75, 3.05) is 11.5 Å². The molecule has 1 aliphatic heterocycles. The van der Waals surface area contributed by atoms with Gasteiger partial charge in [-0.15, -0.1) is 23.5 Å². The molecule has 4 nitrogen and oxygen atoms in total. The summed E-state index contributed by atoms with van der Waals surface area (Å²) in [6.45, 7) is 1.94. The van der Waals surface area contributed by atoms with E-state index in [9.17, 15) is 19.1 Å². The molecule has 1 fully saturated rings. The van der Waals surface area contributed by atoms with Gasteiger partial charge in [0.2, 0.25) is 5.91 Å². The Morgan fingerprint density at radius 1 is 1.43 bits per heavy atom. The van der Waals surface area contributed by atoms with Crippen molar-refractivity contribution in [1.29, 1.82) is 0 Å². The van der Waals surface area contributed by atoms with Gasteiger partial charge in [-0.2, -0.15) is 0 Å². The van der Waals surface area contributed by atoms with Crippen LogP contribution in [0.3, 0.4) is 0 Å². The monoisotopic (exact) mass is 329 g/mol. The fraction of sp³-hybridized carbons (Fsp3) is 0.429. The van der Waals surface area contributed by atoms with Gasteiger partial charge in [0.25, 0.3) is 0 Å². The summed E-state index contributed by atoms with van der Waals surface area (Å²) in [5, 5.41) is 9.13. The van der Waals surface area contributed by atoms with Crippen LogP contribution in [0.25, 0.3) is 0 Å². The van der Waals surface area contributed by atoms with Gasteiger partial charge < -0.3 is 10.0 Å². The predicted octanol–water partition coefficient (Wildman–Crippen LogP) is 2.68. The number of benzene rings is 1. The average molecular weight is 329 g/mol. The molecular formula is C14H16FNO3S2. The Hall–Kier alpha value is -1.21. The van der Waals surface area contributed by atoms with Crippen LogP contribution >= 0.6 is 23.5 Å². The Labute approximate surface area is 131 Å². The molecule has 1 saturated heterocycles. The van der Waals surface area contributed by atoms with E-state index in [4.69, 9.17) is 0 Å². The van der Waals surface area contributed by atoms with E-state index >= 15 is 0 Å². The summed E-state index contributed by atoms with van der Waals surface area (Å²) in [5.41, 5.74) is 0. The SMILES string of the molecule is CCC1SCC(C(=O)O)N1C(=O)CSc1ccc(F)cc1. The van der Waals surface area contributed by atoms with Crippen LogP contribution < -0.4 is 0 Å². The molecule has 0 spiro atoms. The normalized spacial score (nSPS) is 21.5. The maximum atomic E-state index is 12.8. The number of carboxylic acids is 1. The van der Waals surface area contributed by atoms with Gasteiger partial charge in [-0.1, -0.05) is 6.92 Å².